The Bertz CT molecular complexity index is 619. The SMILES string of the molecule is NCC1OC2(CN)[C@H](OC[C@@H]2O)[C@@H]1O.O=C(O)c1ccc(C(=O)O)cc1. The fourth-order valence-electron chi connectivity index (χ4n) is 2.99. The average molecular weight is 370 g/mol. The van der Waals surface area contributed by atoms with Gasteiger partial charge in [-0.25, -0.2) is 9.59 Å². The van der Waals surface area contributed by atoms with Crippen molar-refractivity contribution in [3.05, 3.63) is 35.4 Å². The molecule has 0 spiro atoms. The normalized spacial score (nSPS) is 32.5. The van der Waals surface area contributed by atoms with Gasteiger partial charge in [-0.05, 0) is 24.3 Å². The third-order valence-electron chi connectivity index (χ3n) is 4.47. The first-order chi connectivity index (χ1) is 12.3. The number of aliphatic hydroxyl groups excluding tert-OH is 2. The van der Waals surface area contributed by atoms with Gasteiger partial charge in [0.05, 0.1) is 23.8 Å². The molecule has 0 radical (unpaired) electrons. The number of carbonyl (C=O) groups is 2. The zero-order chi connectivity index (χ0) is 19.5. The lowest BCUT2D eigenvalue weighted by Gasteiger charge is -2.28. The molecule has 2 aliphatic heterocycles. The topological polar surface area (TPSA) is 186 Å². The molecule has 2 aliphatic rings. The molecule has 5 atom stereocenters. The quantitative estimate of drug-likeness (QED) is 0.355. The highest BCUT2D eigenvalue weighted by Crippen LogP contribution is 2.39. The van der Waals surface area contributed by atoms with Gasteiger partial charge in [0.15, 0.2) is 0 Å². The van der Waals surface area contributed by atoms with Gasteiger partial charge in [0.25, 0.3) is 0 Å². The first kappa shape index (κ1) is 20.2. The molecule has 2 saturated heterocycles. The summed E-state index contributed by atoms with van der Waals surface area (Å²) >= 11 is 0. The Labute approximate surface area is 148 Å². The van der Waals surface area contributed by atoms with Crippen LogP contribution in [0.25, 0.3) is 0 Å². The number of carboxylic acid groups (broad SMARTS) is 2. The fourth-order valence-corrected chi connectivity index (χ4v) is 2.99. The number of rotatable bonds is 4. The lowest BCUT2D eigenvalue weighted by Crippen LogP contribution is -2.52. The van der Waals surface area contributed by atoms with Gasteiger partial charge >= 0.3 is 11.9 Å². The summed E-state index contributed by atoms with van der Waals surface area (Å²) in [5, 5.41) is 36.4. The van der Waals surface area contributed by atoms with E-state index >= 15 is 0 Å². The van der Waals surface area contributed by atoms with E-state index < -0.39 is 42.0 Å². The van der Waals surface area contributed by atoms with E-state index in [1.807, 2.05) is 0 Å². The molecule has 0 aliphatic carbocycles. The van der Waals surface area contributed by atoms with Crippen LogP contribution in [0.3, 0.4) is 0 Å². The van der Waals surface area contributed by atoms with Gasteiger partial charge in [-0.15, -0.1) is 0 Å². The molecular formula is C16H22N2O8. The third-order valence-corrected chi connectivity index (χ3v) is 4.47. The second kappa shape index (κ2) is 8.08. The summed E-state index contributed by atoms with van der Waals surface area (Å²) in [4.78, 5) is 20.7. The van der Waals surface area contributed by atoms with E-state index in [2.05, 4.69) is 0 Å². The molecule has 1 aromatic rings. The molecule has 2 heterocycles. The zero-order valence-corrected chi connectivity index (χ0v) is 13.8. The fraction of sp³-hybridized carbons (Fsp3) is 0.500. The molecule has 0 bridgehead atoms. The van der Waals surface area contributed by atoms with Crippen molar-refractivity contribution in [2.45, 2.75) is 30.0 Å². The molecule has 0 saturated carbocycles. The molecule has 8 N–H and O–H groups in total. The second-order valence-corrected chi connectivity index (χ2v) is 6.00. The van der Waals surface area contributed by atoms with Crippen LogP contribution in [0.2, 0.25) is 0 Å². The average Bonchev–Trinajstić information content (AvgIpc) is 3.10. The minimum atomic E-state index is -1.06. The number of benzene rings is 1. The first-order valence-electron chi connectivity index (χ1n) is 7.89. The van der Waals surface area contributed by atoms with Crippen molar-refractivity contribution in [3.8, 4) is 0 Å². The van der Waals surface area contributed by atoms with Gasteiger partial charge < -0.3 is 41.4 Å². The number of nitrogens with two attached hydrogens (primary N) is 2. The lowest BCUT2D eigenvalue weighted by molar-refractivity contribution is -0.0971. The minimum Gasteiger partial charge on any atom is -0.478 e. The van der Waals surface area contributed by atoms with Crippen molar-refractivity contribution in [2.24, 2.45) is 11.5 Å². The van der Waals surface area contributed by atoms with Crippen LogP contribution in [0.1, 0.15) is 20.7 Å². The van der Waals surface area contributed by atoms with Crippen molar-refractivity contribution in [3.63, 3.8) is 0 Å². The highest BCUT2D eigenvalue weighted by molar-refractivity contribution is 5.91. The number of carboxylic acids is 2. The largest absolute Gasteiger partial charge is 0.478 e. The number of hydrogen-bond donors (Lipinski definition) is 6. The van der Waals surface area contributed by atoms with E-state index in [1.54, 1.807) is 0 Å². The molecule has 2 unspecified atom stereocenters. The molecule has 3 rings (SSSR count). The van der Waals surface area contributed by atoms with Crippen LogP contribution in [-0.4, -0.2) is 82.1 Å². The predicted octanol–water partition coefficient (Wildman–Crippen LogP) is -1.75. The molecule has 0 aromatic heterocycles. The van der Waals surface area contributed by atoms with E-state index in [1.165, 1.54) is 24.3 Å². The van der Waals surface area contributed by atoms with Gasteiger partial charge in [0, 0.05) is 13.1 Å². The first-order valence-corrected chi connectivity index (χ1v) is 7.89. The Morgan fingerprint density at radius 2 is 1.58 bits per heavy atom. The molecule has 10 heteroatoms. The summed E-state index contributed by atoms with van der Waals surface area (Å²) in [5.74, 6) is -2.13. The van der Waals surface area contributed by atoms with Crippen LogP contribution >= 0.6 is 0 Å². The Morgan fingerprint density at radius 3 is 1.92 bits per heavy atom. The molecule has 26 heavy (non-hydrogen) atoms. The van der Waals surface area contributed by atoms with E-state index in [-0.39, 0.29) is 30.8 Å². The summed E-state index contributed by atoms with van der Waals surface area (Å²) in [6.07, 6.45) is -2.65. The van der Waals surface area contributed by atoms with Crippen molar-refractivity contribution >= 4 is 11.9 Å². The number of aliphatic hydroxyl groups is 2. The number of ether oxygens (including phenoxy) is 2. The van der Waals surface area contributed by atoms with Crippen LogP contribution < -0.4 is 11.5 Å². The van der Waals surface area contributed by atoms with Gasteiger partial charge in [-0.3, -0.25) is 0 Å². The molecule has 1 aromatic carbocycles. The maximum Gasteiger partial charge on any atom is 0.335 e. The summed E-state index contributed by atoms with van der Waals surface area (Å²) in [5.41, 5.74) is 10.2. The van der Waals surface area contributed by atoms with E-state index in [0.717, 1.165) is 0 Å². The summed E-state index contributed by atoms with van der Waals surface area (Å²) in [7, 11) is 0. The van der Waals surface area contributed by atoms with Crippen LogP contribution in [0, 0.1) is 0 Å². The van der Waals surface area contributed by atoms with Gasteiger partial charge in [-0.1, -0.05) is 0 Å². The van der Waals surface area contributed by atoms with Crippen molar-refractivity contribution in [1.82, 2.24) is 0 Å². The monoisotopic (exact) mass is 370 g/mol. The number of hydrogen-bond acceptors (Lipinski definition) is 8. The number of fused-ring (bicyclic) bond motifs is 1. The maximum absolute atomic E-state index is 10.3. The molecule has 2 fully saturated rings. The highest BCUT2D eigenvalue weighted by atomic mass is 16.6. The Balaban J connectivity index is 0.000000190. The molecule has 0 amide bonds. The lowest BCUT2D eigenvalue weighted by atomic mass is 9.92. The van der Waals surface area contributed by atoms with Crippen LogP contribution in [0.15, 0.2) is 24.3 Å². The third kappa shape index (κ3) is 3.70. The van der Waals surface area contributed by atoms with Gasteiger partial charge in [0.2, 0.25) is 0 Å². The Hall–Kier alpha value is -2.08. The minimum absolute atomic E-state index is 0.0833. The summed E-state index contributed by atoms with van der Waals surface area (Å²) in [6, 6.07) is 5.02. The Kier molecular flexibility index (Phi) is 6.29. The van der Waals surface area contributed by atoms with Gasteiger partial charge in [-0.2, -0.15) is 0 Å². The summed E-state index contributed by atoms with van der Waals surface area (Å²) < 4.78 is 10.8. The molecule has 144 valence electrons. The highest BCUT2D eigenvalue weighted by Gasteiger charge is 2.61. The van der Waals surface area contributed by atoms with Crippen LogP contribution in [0.4, 0.5) is 0 Å². The zero-order valence-electron chi connectivity index (χ0n) is 13.8. The van der Waals surface area contributed by atoms with Crippen LogP contribution in [0.5, 0.6) is 0 Å². The van der Waals surface area contributed by atoms with Crippen LogP contribution in [-0.2, 0) is 9.47 Å². The Morgan fingerprint density at radius 1 is 1.08 bits per heavy atom. The summed E-state index contributed by atoms with van der Waals surface area (Å²) in [6.45, 7) is 0.456. The standard InChI is InChI=1S/C8H16N2O4.C8H6O4/c9-1-4-6(12)7-8(3-10,14-4)5(11)2-13-7;9-7(10)5-1-2-6(4-3-5)8(11)12/h4-7,11-12H,1-3,9-10H2;1-4H,(H,9,10)(H,11,12)/t4?,5-,6+,7+,8?;/m0./s1. The van der Waals surface area contributed by atoms with Crippen molar-refractivity contribution in [2.75, 3.05) is 19.7 Å². The molecular weight excluding hydrogens is 348 g/mol. The maximum atomic E-state index is 10.3. The van der Waals surface area contributed by atoms with Crippen molar-refractivity contribution in [1.29, 1.82) is 0 Å². The predicted molar refractivity (Wildman–Crippen MR) is 87.8 cm³/mol. The van der Waals surface area contributed by atoms with Crippen molar-refractivity contribution < 1.29 is 39.5 Å². The van der Waals surface area contributed by atoms with E-state index in [4.69, 9.17) is 31.2 Å². The molecule has 10 nitrogen and oxygen atoms in total. The second-order valence-electron chi connectivity index (χ2n) is 6.00. The van der Waals surface area contributed by atoms with Gasteiger partial charge in [0.1, 0.15) is 23.9 Å². The smallest absolute Gasteiger partial charge is 0.335 e. The number of aromatic carboxylic acids is 2. The van der Waals surface area contributed by atoms with E-state index in [0.29, 0.717) is 0 Å². The van der Waals surface area contributed by atoms with E-state index in [9.17, 15) is 19.8 Å².